The van der Waals surface area contributed by atoms with E-state index in [9.17, 15) is 47.5 Å². The fraction of sp³-hybridized carbons (Fsp3) is 0.357. The number of carbonyl (C=O) groups excluding carboxylic acids is 4. The molecule has 44 heavy (non-hydrogen) atoms. The molecule has 2 aromatic carbocycles. The number of ether oxygens (including phenoxy) is 1. The highest BCUT2D eigenvalue weighted by atomic mass is 35.5. The number of hydrogen-bond acceptors (Lipinski definition) is 8. The van der Waals surface area contributed by atoms with Crippen LogP contribution in [0.5, 0.6) is 11.5 Å². The highest BCUT2D eigenvalue weighted by molar-refractivity contribution is 6.58. The summed E-state index contributed by atoms with van der Waals surface area (Å²) in [7, 11) is -0.731. The van der Waals surface area contributed by atoms with Gasteiger partial charge < -0.3 is 19.9 Å². The van der Waals surface area contributed by atoms with Crippen LogP contribution < -0.4 is 15.1 Å². The predicted octanol–water partition coefficient (Wildman–Crippen LogP) is 2.16. The first kappa shape index (κ1) is 30.4. The van der Waals surface area contributed by atoms with E-state index in [2.05, 4.69) is 4.74 Å². The van der Waals surface area contributed by atoms with Gasteiger partial charge in [0.25, 0.3) is 11.8 Å². The van der Waals surface area contributed by atoms with E-state index in [1.807, 2.05) is 0 Å². The fourth-order valence-corrected chi connectivity index (χ4v) is 8.14. The molecule has 3 fully saturated rings. The van der Waals surface area contributed by atoms with Crippen molar-refractivity contribution in [2.24, 2.45) is 17.8 Å². The van der Waals surface area contributed by atoms with Crippen LogP contribution in [-0.2, 0) is 19.2 Å². The number of rotatable bonds is 4. The predicted molar refractivity (Wildman–Crippen MR) is 149 cm³/mol. The minimum Gasteiger partial charge on any atom is -0.508 e. The lowest BCUT2D eigenvalue weighted by atomic mass is 9.56. The first-order valence-electron chi connectivity index (χ1n) is 13.3. The standard InChI is InChI=1S/C28H22BCl2F3N2O8/c1-35-24(40)26(30)11-18-15(21(27(26,31)25(35)41)17-10-14(5-8-19(17)37)44-28(32,33)34)6-7-16-20(18)23(39)36(22(16)38)13-4-2-3-12(9-13)29(42)43/h2-6,8-10,16,18,20-21,37,42-43H,7,11H2,1H3. The number of phenolic OH excluding ortho intramolecular Hbond substituents is 1. The van der Waals surface area contributed by atoms with Crippen molar-refractivity contribution in [2.75, 3.05) is 11.9 Å². The topological polar surface area (TPSA) is 145 Å². The number of hydrogen-bond donors (Lipinski definition) is 3. The van der Waals surface area contributed by atoms with Gasteiger partial charge in [-0.2, -0.15) is 0 Å². The van der Waals surface area contributed by atoms with E-state index < -0.39 is 82.0 Å². The molecule has 0 aromatic heterocycles. The SMILES string of the molecule is CN1C(=O)C2(Cl)CC3C(=CCC4C(=O)N(c5cccc(B(O)O)c5)C(=O)C43)C(c3cc(OC(F)(F)F)ccc3O)C2(Cl)C1=O. The number of fused-ring (bicyclic) bond motifs is 4. The Morgan fingerprint density at radius 2 is 1.70 bits per heavy atom. The Morgan fingerprint density at radius 1 is 1.00 bits per heavy atom. The summed E-state index contributed by atoms with van der Waals surface area (Å²) in [6.45, 7) is 0. The molecule has 4 aliphatic rings. The van der Waals surface area contributed by atoms with Crippen molar-refractivity contribution in [3.63, 3.8) is 0 Å². The number of carbonyl (C=O) groups is 4. The normalized spacial score (nSPS) is 31.5. The first-order chi connectivity index (χ1) is 20.5. The fourth-order valence-electron chi connectivity index (χ4n) is 7.13. The summed E-state index contributed by atoms with van der Waals surface area (Å²) in [6, 6.07) is 8.14. The number of allylic oxidation sites excluding steroid dienone is 2. The quantitative estimate of drug-likeness (QED) is 0.197. The van der Waals surface area contributed by atoms with Crippen molar-refractivity contribution < 1.29 is 52.2 Å². The van der Waals surface area contributed by atoms with Crippen LogP contribution in [0.3, 0.4) is 0 Å². The maximum absolute atomic E-state index is 14.0. The molecule has 0 spiro atoms. The largest absolute Gasteiger partial charge is 0.573 e. The molecule has 6 atom stereocenters. The highest BCUT2D eigenvalue weighted by Crippen LogP contribution is 2.66. The number of likely N-dealkylation sites (tertiary alicyclic amines) is 1. The minimum atomic E-state index is -5.10. The van der Waals surface area contributed by atoms with Gasteiger partial charge >= 0.3 is 13.5 Å². The van der Waals surface area contributed by atoms with Gasteiger partial charge in [-0.3, -0.25) is 29.0 Å². The zero-order valence-electron chi connectivity index (χ0n) is 22.6. The van der Waals surface area contributed by atoms with Crippen LogP contribution in [0.15, 0.2) is 54.1 Å². The second-order valence-corrected chi connectivity index (χ2v) is 12.5. The Labute approximate surface area is 257 Å². The monoisotopic (exact) mass is 652 g/mol. The van der Waals surface area contributed by atoms with Crippen LogP contribution in [0, 0.1) is 17.8 Å². The number of benzene rings is 2. The Balaban J connectivity index is 1.51. The van der Waals surface area contributed by atoms with E-state index in [1.54, 1.807) is 6.08 Å². The van der Waals surface area contributed by atoms with Crippen molar-refractivity contribution in [3.8, 4) is 11.5 Å². The number of aromatic hydroxyl groups is 1. The van der Waals surface area contributed by atoms with Gasteiger partial charge in [0.15, 0.2) is 9.75 Å². The Hall–Kier alpha value is -3.59. The number of anilines is 1. The second-order valence-electron chi connectivity index (χ2n) is 11.2. The van der Waals surface area contributed by atoms with Gasteiger partial charge in [0.2, 0.25) is 11.8 Å². The average Bonchev–Trinajstić information content (AvgIpc) is 3.28. The van der Waals surface area contributed by atoms with E-state index in [4.69, 9.17) is 23.2 Å². The van der Waals surface area contributed by atoms with Crippen LogP contribution >= 0.6 is 23.2 Å². The van der Waals surface area contributed by atoms with Gasteiger partial charge in [-0.15, -0.1) is 36.4 Å². The summed E-state index contributed by atoms with van der Waals surface area (Å²) >= 11 is 14.0. The molecule has 10 nitrogen and oxygen atoms in total. The van der Waals surface area contributed by atoms with Crippen molar-refractivity contribution in [2.45, 2.75) is 34.9 Å². The summed E-state index contributed by atoms with van der Waals surface area (Å²) in [5.41, 5.74) is 0.0465. The number of imide groups is 2. The molecule has 3 N–H and O–H groups in total. The van der Waals surface area contributed by atoms with E-state index in [0.29, 0.717) is 4.90 Å². The summed E-state index contributed by atoms with van der Waals surface area (Å²) in [6.07, 6.45) is -3.97. The summed E-state index contributed by atoms with van der Waals surface area (Å²) in [4.78, 5) is 51.8. The number of nitrogens with zero attached hydrogens (tertiary/aromatic N) is 2. The molecule has 0 radical (unpaired) electrons. The molecular weight excluding hydrogens is 631 g/mol. The summed E-state index contributed by atoms with van der Waals surface area (Å²) in [5.74, 6) is -9.06. The molecule has 6 unspecified atom stereocenters. The zero-order chi connectivity index (χ0) is 32.1. The summed E-state index contributed by atoms with van der Waals surface area (Å²) in [5, 5.41) is 30.1. The van der Waals surface area contributed by atoms with Crippen LogP contribution in [0.2, 0.25) is 0 Å². The Bertz CT molecular complexity index is 1670. The molecule has 0 bridgehead atoms. The highest BCUT2D eigenvalue weighted by Gasteiger charge is 2.76. The molecule has 2 aliphatic carbocycles. The van der Waals surface area contributed by atoms with E-state index in [-0.39, 0.29) is 35.1 Å². The van der Waals surface area contributed by atoms with Crippen molar-refractivity contribution >= 4 is 65.1 Å². The molecule has 6 rings (SSSR count). The lowest BCUT2D eigenvalue weighted by Gasteiger charge is -2.50. The van der Waals surface area contributed by atoms with Crippen LogP contribution in [-0.4, -0.2) is 74.0 Å². The third-order valence-corrected chi connectivity index (χ3v) is 10.4. The second kappa shape index (κ2) is 9.96. The van der Waals surface area contributed by atoms with E-state index >= 15 is 0 Å². The molecule has 230 valence electrons. The first-order valence-corrected chi connectivity index (χ1v) is 14.1. The summed E-state index contributed by atoms with van der Waals surface area (Å²) < 4.78 is 43.4. The lowest BCUT2D eigenvalue weighted by molar-refractivity contribution is -0.274. The minimum absolute atomic E-state index is 0.0238. The van der Waals surface area contributed by atoms with Crippen LogP contribution in [0.4, 0.5) is 18.9 Å². The molecule has 2 aliphatic heterocycles. The smallest absolute Gasteiger partial charge is 0.508 e. The number of phenols is 1. The third-order valence-electron chi connectivity index (χ3n) is 8.98. The van der Waals surface area contributed by atoms with Gasteiger partial charge in [-0.25, -0.2) is 0 Å². The number of amides is 4. The Kier molecular flexibility index (Phi) is 6.89. The molecular formula is C28H22BCl2F3N2O8. The number of halogens is 5. The van der Waals surface area contributed by atoms with E-state index in [1.165, 1.54) is 24.3 Å². The molecule has 1 saturated carbocycles. The maximum Gasteiger partial charge on any atom is 0.573 e. The van der Waals surface area contributed by atoms with Gasteiger partial charge in [0.05, 0.1) is 17.5 Å². The van der Waals surface area contributed by atoms with Crippen molar-refractivity contribution in [3.05, 3.63) is 59.7 Å². The molecule has 2 heterocycles. The zero-order valence-corrected chi connectivity index (χ0v) is 24.1. The van der Waals surface area contributed by atoms with Gasteiger partial charge in [-0.1, -0.05) is 23.8 Å². The van der Waals surface area contributed by atoms with Crippen LogP contribution in [0.25, 0.3) is 0 Å². The maximum atomic E-state index is 14.0. The van der Waals surface area contributed by atoms with Crippen molar-refractivity contribution in [1.82, 2.24) is 4.90 Å². The molecule has 2 saturated heterocycles. The number of alkyl halides is 5. The van der Waals surface area contributed by atoms with Crippen LogP contribution in [0.1, 0.15) is 24.3 Å². The average molecular weight is 653 g/mol. The van der Waals surface area contributed by atoms with Crippen molar-refractivity contribution in [1.29, 1.82) is 0 Å². The third kappa shape index (κ3) is 4.18. The Morgan fingerprint density at radius 3 is 2.36 bits per heavy atom. The molecule has 2 aromatic rings. The van der Waals surface area contributed by atoms with Gasteiger partial charge in [0, 0.05) is 18.5 Å². The lowest BCUT2D eigenvalue weighted by Crippen LogP contribution is -2.60. The molecule has 4 amide bonds. The molecule has 16 heteroatoms. The van der Waals surface area contributed by atoms with E-state index in [0.717, 1.165) is 30.1 Å². The van der Waals surface area contributed by atoms with Gasteiger partial charge in [-0.05, 0) is 54.6 Å². The van der Waals surface area contributed by atoms with Gasteiger partial charge in [0.1, 0.15) is 11.5 Å².